The van der Waals surface area contributed by atoms with Gasteiger partial charge in [-0.2, -0.15) is 0 Å². The lowest BCUT2D eigenvalue weighted by Gasteiger charge is -1.81. The van der Waals surface area contributed by atoms with Gasteiger partial charge in [0.2, 0.25) is 0 Å². The minimum Gasteiger partial charge on any atom is -0.400 e. The summed E-state index contributed by atoms with van der Waals surface area (Å²) in [6, 6.07) is 9.10. The maximum atomic E-state index is 10.0. The van der Waals surface area contributed by atoms with Gasteiger partial charge in [-0.3, -0.25) is 4.79 Å². The second-order valence-electron chi connectivity index (χ2n) is 1.53. The number of benzene rings is 1. The Balaban J connectivity index is 0. The average Bonchev–Trinajstić information content (AvgIpc) is 2.25. The summed E-state index contributed by atoms with van der Waals surface area (Å²) in [5, 5.41) is 7.00. The van der Waals surface area contributed by atoms with Crippen LogP contribution >= 0.6 is 0 Å². The highest BCUT2D eigenvalue weighted by molar-refractivity contribution is 5.74. The zero-order valence-electron chi connectivity index (χ0n) is 7.82. The molecular weight excluding hydrogens is 152 g/mol. The standard InChI is InChI=1S/C7H6O.C2H6.CH4O/c8-6-7-4-2-1-3-5-7;2*1-2/h1-6H;1-2H3;2H,1H3. The molecule has 0 atom stereocenters. The molecule has 0 saturated heterocycles. The van der Waals surface area contributed by atoms with E-state index in [1.807, 2.05) is 32.0 Å². The Labute approximate surface area is 73.9 Å². The molecule has 0 saturated carbocycles. The molecule has 1 N–H and O–H groups in total. The first-order chi connectivity index (χ1) is 5.93. The molecule has 2 nitrogen and oxygen atoms in total. The molecule has 0 spiro atoms. The van der Waals surface area contributed by atoms with Gasteiger partial charge < -0.3 is 5.11 Å². The molecule has 0 radical (unpaired) electrons. The van der Waals surface area contributed by atoms with Crippen molar-refractivity contribution in [1.82, 2.24) is 0 Å². The fraction of sp³-hybridized carbons (Fsp3) is 0.300. The van der Waals surface area contributed by atoms with E-state index in [1.165, 1.54) is 0 Å². The van der Waals surface area contributed by atoms with E-state index in [4.69, 9.17) is 5.11 Å². The largest absolute Gasteiger partial charge is 0.400 e. The van der Waals surface area contributed by atoms with Gasteiger partial charge in [0, 0.05) is 12.7 Å². The number of carbonyl (C=O) groups excluding carboxylic acids is 1. The van der Waals surface area contributed by atoms with E-state index in [-0.39, 0.29) is 0 Å². The molecule has 0 bridgehead atoms. The molecule has 12 heavy (non-hydrogen) atoms. The summed E-state index contributed by atoms with van der Waals surface area (Å²) in [7, 11) is 1.00. The van der Waals surface area contributed by atoms with Crippen LogP contribution in [0.15, 0.2) is 30.3 Å². The van der Waals surface area contributed by atoms with Crippen LogP contribution in [0.4, 0.5) is 0 Å². The highest BCUT2D eigenvalue weighted by Crippen LogP contribution is 1.91. The maximum absolute atomic E-state index is 10.0. The Morgan fingerprint density at radius 3 is 1.75 bits per heavy atom. The molecule has 0 unspecified atom stereocenters. The zero-order valence-corrected chi connectivity index (χ0v) is 7.82. The van der Waals surface area contributed by atoms with Crippen LogP contribution in [-0.4, -0.2) is 18.5 Å². The number of carbonyl (C=O) groups is 1. The molecule has 0 aliphatic heterocycles. The van der Waals surface area contributed by atoms with Crippen molar-refractivity contribution < 1.29 is 9.90 Å². The van der Waals surface area contributed by atoms with Crippen molar-refractivity contribution in [1.29, 1.82) is 0 Å². The Morgan fingerprint density at radius 1 is 1.08 bits per heavy atom. The lowest BCUT2D eigenvalue weighted by Crippen LogP contribution is -1.73. The third-order valence-electron chi connectivity index (χ3n) is 0.936. The van der Waals surface area contributed by atoms with E-state index < -0.39 is 0 Å². The normalized spacial score (nSPS) is 6.67. The van der Waals surface area contributed by atoms with E-state index in [2.05, 4.69) is 0 Å². The van der Waals surface area contributed by atoms with Crippen LogP contribution in [0, 0.1) is 0 Å². The van der Waals surface area contributed by atoms with Crippen molar-refractivity contribution in [2.24, 2.45) is 0 Å². The van der Waals surface area contributed by atoms with E-state index in [0.717, 1.165) is 19.0 Å². The molecule has 0 fully saturated rings. The quantitative estimate of drug-likeness (QED) is 0.652. The monoisotopic (exact) mass is 168 g/mol. The van der Waals surface area contributed by atoms with Gasteiger partial charge in [-0.1, -0.05) is 44.2 Å². The summed E-state index contributed by atoms with van der Waals surface area (Å²) in [5.41, 5.74) is 0.729. The summed E-state index contributed by atoms with van der Waals surface area (Å²) in [5.74, 6) is 0. The zero-order chi connectivity index (χ0) is 9.82. The molecule has 0 aromatic heterocycles. The van der Waals surface area contributed by atoms with Gasteiger partial charge in [-0.05, 0) is 0 Å². The third kappa shape index (κ3) is 6.96. The van der Waals surface area contributed by atoms with E-state index in [9.17, 15) is 4.79 Å². The summed E-state index contributed by atoms with van der Waals surface area (Å²) in [4.78, 5) is 10.0. The molecule has 0 aliphatic carbocycles. The number of aliphatic hydroxyl groups excluding tert-OH is 1. The van der Waals surface area contributed by atoms with Gasteiger partial charge in [-0.25, -0.2) is 0 Å². The van der Waals surface area contributed by atoms with Crippen LogP contribution in [0.2, 0.25) is 0 Å². The van der Waals surface area contributed by atoms with Crippen LogP contribution in [0.3, 0.4) is 0 Å². The summed E-state index contributed by atoms with van der Waals surface area (Å²) < 4.78 is 0. The highest BCUT2D eigenvalue weighted by Gasteiger charge is 1.79. The topological polar surface area (TPSA) is 37.3 Å². The van der Waals surface area contributed by atoms with Crippen LogP contribution in [0.5, 0.6) is 0 Å². The van der Waals surface area contributed by atoms with Gasteiger partial charge in [0.15, 0.2) is 0 Å². The van der Waals surface area contributed by atoms with Crippen molar-refractivity contribution in [2.75, 3.05) is 7.11 Å². The second-order valence-corrected chi connectivity index (χ2v) is 1.53. The van der Waals surface area contributed by atoms with E-state index in [1.54, 1.807) is 12.1 Å². The number of aliphatic hydroxyl groups is 1. The Hall–Kier alpha value is -1.15. The van der Waals surface area contributed by atoms with Gasteiger partial charge in [-0.15, -0.1) is 0 Å². The number of rotatable bonds is 1. The van der Waals surface area contributed by atoms with Crippen molar-refractivity contribution in [3.8, 4) is 0 Å². The lowest BCUT2D eigenvalue weighted by molar-refractivity contribution is 0.112. The van der Waals surface area contributed by atoms with Crippen molar-refractivity contribution in [3.63, 3.8) is 0 Å². The Bertz CT molecular complexity index is 170. The summed E-state index contributed by atoms with van der Waals surface area (Å²) in [6.45, 7) is 4.00. The SMILES string of the molecule is CC.CO.O=Cc1ccccc1. The van der Waals surface area contributed by atoms with Gasteiger partial charge in [0.25, 0.3) is 0 Å². The number of aldehydes is 1. The Morgan fingerprint density at radius 2 is 1.50 bits per heavy atom. The fourth-order valence-corrected chi connectivity index (χ4v) is 0.532. The average molecular weight is 168 g/mol. The van der Waals surface area contributed by atoms with Gasteiger partial charge in [0.1, 0.15) is 6.29 Å². The second kappa shape index (κ2) is 12.5. The lowest BCUT2D eigenvalue weighted by atomic mass is 10.2. The van der Waals surface area contributed by atoms with E-state index in [0.29, 0.717) is 0 Å². The van der Waals surface area contributed by atoms with Crippen LogP contribution in [-0.2, 0) is 0 Å². The summed E-state index contributed by atoms with van der Waals surface area (Å²) in [6.07, 6.45) is 0.833. The van der Waals surface area contributed by atoms with Crippen molar-refractivity contribution >= 4 is 6.29 Å². The van der Waals surface area contributed by atoms with E-state index >= 15 is 0 Å². The smallest absolute Gasteiger partial charge is 0.150 e. The van der Waals surface area contributed by atoms with Crippen LogP contribution in [0.25, 0.3) is 0 Å². The molecule has 0 heterocycles. The third-order valence-corrected chi connectivity index (χ3v) is 0.936. The van der Waals surface area contributed by atoms with Gasteiger partial charge in [0.05, 0.1) is 0 Å². The first-order valence-electron chi connectivity index (χ1n) is 3.88. The predicted octanol–water partition coefficient (Wildman–Crippen LogP) is 2.13. The minimum absolute atomic E-state index is 0.729. The van der Waals surface area contributed by atoms with Crippen LogP contribution in [0.1, 0.15) is 24.2 Å². The highest BCUT2D eigenvalue weighted by atomic mass is 16.2. The molecule has 0 amide bonds. The molecule has 1 aromatic carbocycles. The Kier molecular flexibility index (Phi) is 14.0. The van der Waals surface area contributed by atoms with Gasteiger partial charge >= 0.3 is 0 Å². The number of hydrogen-bond acceptors (Lipinski definition) is 2. The molecule has 68 valence electrons. The predicted molar refractivity (Wildman–Crippen MR) is 51.3 cm³/mol. The van der Waals surface area contributed by atoms with Crippen molar-refractivity contribution in [2.45, 2.75) is 13.8 Å². The molecule has 0 aliphatic rings. The fourth-order valence-electron chi connectivity index (χ4n) is 0.532. The molecule has 2 heteroatoms. The molecule has 1 aromatic rings. The maximum Gasteiger partial charge on any atom is 0.150 e. The first-order valence-corrected chi connectivity index (χ1v) is 3.88. The van der Waals surface area contributed by atoms with Crippen LogP contribution < -0.4 is 0 Å². The molecule has 1 rings (SSSR count). The number of hydrogen-bond donors (Lipinski definition) is 1. The first kappa shape index (κ1) is 13.4. The minimum atomic E-state index is 0.729. The van der Waals surface area contributed by atoms with Crippen molar-refractivity contribution in [3.05, 3.63) is 35.9 Å². The molecular formula is C10H16O2. The summed E-state index contributed by atoms with van der Waals surface area (Å²) >= 11 is 0.